The maximum Gasteiger partial charge on any atom is 0.255 e. The zero-order valence-corrected chi connectivity index (χ0v) is 11.3. The molecule has 0 heterocycles. The summed E-state index contributed by atoms with van der Waals surface area (Å²) in [6.07, 6.45) is 0. The number of rotatable bonds is 5. The summed E-state index contributed by atoms with van der Waals surface area (Å²) in [5, 5.41) is 2.65. The zero-order valence-electron chi connectivity index (χ0n) is 11.3. The largest absolute Gasteiger partial charge is 0.496 e. The van der Waals surface area contributed by atoms with E-state index in [1.54, 1.807) is 26.0 Å². The minimum absolute atomic E-state index is 0.138. The van der Waals surface area contributed by atoms with Gasteiger partial charge in [-0.1, -0.05) is 0 Å². The van der Waals surface area contributed by atoms with Gasteiger partial charge in [-0.15, -0.1) is 0 Å². The Labute approximate surface area is 112 Å². The molecule has 104 valence electrons. The highest BCUT2D eigenvalue weighted by Crippen LogP contribution is 2.21. The van der Waals surface area contributed by atoms with E-state index in [-0.39, 0.29) is 12.5 Å². The summed E-state index contributed by atoms with van der Waals surface area (Å²) in [6.45, 7) is 3.46. The molecule has 0 radical (unpaired) electrons. The zero-order chi connectivity index (χ0) is 14.6. The van der Waals surface area contributed by atoms with Gasteiger partial charge in [0.05, 0.1) is 18.1 Å². The fraction of sp³-hybridized carbons (Fsp3) is 0.385. The molecule has 0 aliphatic carbocycles. The number of amides is 2. The molecule has 1 rings (SSSR count). The van der Waals surface area contributed by atoms with Gasteiger partial charge in [-0.2, -0.15) is 0 Å². The van der Waals surface area contributed by atoms with Gasteiger partial charge in [0.15, 0.2) is 0 Å². The maximum absolute atomic E-state index is 12.0. The molecule has 0 spiro atoms. The van der Waals surface area contributed by atoms with Crippen molar-refractivity contribution in [3.8, 4) is 5.75 Å². The third-order valence-corrected chi connectivity index (χ3v) is 2.83. The van der Waals surface area contributed by atoms with Gasteiger partial charge in [0.25, 0.3) is 5.91 Å². The molecule has 6 nitrogen and oxygen atoms in total. The Morgan fingerprint density at radius 2 is 2.00 bits per heavy atom. The van der Waals surface area contributed by atoms with Gasteiger partial charge in [-0.25, -0.2) is 0 Å². The van der Waals surface area contributed by atoms with E-state index in [9.17, 15) is 9.59 Å². The summed E-state index contributed by atoms with van der Waals surface area (Å²) in [5.41, 5.74) is 10.8. The van der Waals surface area contributed by atoms with Crippen LogP contribution >= 0.6 is 0 Å². The van der Waals surface area contributed by atoms with Crippen molar-refractivity contribution in [2.75, 3.05) is 19.4 Å². The van der Waals surface area contributed by atoms with Crippen LogP contribution < -0.4 is 21.5 Å². The lowest BCUT2D eigenvalue weighted by Crippen LogP contribution is -2.42. The van der Waals surface area contributed by atoms with E-state index >= 15 is 0 Å². The van der Waals surface area contributed by atoms with Gasteiger partial charge >= 0.3 is 0 Å². The van der Waals surface area contributed by atoms with Gasteiger partial charge in [0.2, 0.25) is 5.91 Å². The fourth-order valence-corrected chi connectivity index (χ4v) is 1.39. The lowest BCUT2D eigenvalue weighted by Gasteiger charge is -2.21. The van der Waals surface area contributed by atoms with Crippen molar-refractivity contribution in [3.05, 3.63) is 23.8 Å². The number of anilines is 1. The molecule has 6 heteroatoms. The van der Waals surface area contributed by atoms with Gasteiger partial charge in [-0.3, -0.25) is 9.59 Å². The van der Waals surface area contributed by atoms with E-state index in [2.05, 4.69) is 5.32 Å². The van der Waals surface area contributed by atoms with Crippen molar-refractivity contribution in [3.63, 3.8) is 0 Å². The number of carbonyl (C=O) groups is 2. The highest BCUT2D eigenvalue weighted by atomic mass is 16.5. The summed E-state index contributed by atoms with van der Waals surface area (Å²) in [4.78, 5) is 23.2. The Morgan fingerprint density at radius 3 is 2.53 bits per heavy atom. The first-order chi connectivity index (χ1) is 8.77. The predicted molar refractivity (Wildman–Crippen MR) is 72.7 cm³/mol. The SMILES string of the molecule is COc1ccc(N)cc1C(=O)NCC(C)(C)C(N)=O. The second-order valence-electron chi connectivity index (χ2n) is 4.89. The number of hydrogen-bond acceptors (Lipinski definition) is 4. The number of methoxy groups -OCH3 is 1. The van der Waals surface area contributed by atoms with Crippen LogP contribution in [0.15, 0.2) is 18.2 Å². The Hall–Kier alpha value is -2.24. The van der Waals surface area contributed by atoms with Crippen LogP contribution in [0.1, 0.15) is 24.2 Å². The quantitative estimate of drug-likeness (QED) is 0.674. The second kappa shape index (κ2) is 5.60. The number of carbonyl (C=O) groups excluding carboxylic acids is 2. The molecule has 5 N–H and O–H groups in total. The molecule has 0 fully saturated rings. The first-order valence-corrected chi connectivity index (χ1v) is 5.79. The normalized spacial score (nSPS) is 10.9. The summed E-state index contributed by atoms with van der Waals surface area (Å²) in [6, 6.07) is 4.78. The monoisotopic (exact) mass is 265 g/mol. The van der Waals surface area contributed by atoms with Crippen molar-refractivity contribution >= 4 is 17.5 Å². The van der Waals surface area contributed by atoms with Crippen LogP contribution in [0.5, 0.6) is 5.75 Å². The van der Waals surface area contributed by atoms with Crippen molar-refractivity contribution in [1.29, 1.82) is 0 Å². The molecule has 0 aliphatic heterocycles. The third kappa shape index (κ3) is 3.61. The maximum atomic E-state index is 12.0. The Morgan fingerprint density at radius 1 is 1.37 bits per heavy atom. The molecule has 0 atom stereocenters. The molecule has 1 aromatic rings. The summed E-state index contributed by atoms with van der Waals surface area (Å²) in [5.74, 6) is -0.422. The van der Waals surface area contributed by atoms with Crippen LogP contribution in [-0.4, -0.2) is 25.5 Å². The fourth-order valence-electron chi connectivity index (χ4n) is 1.39. The molecule has 0 saturated carbocycles. The van der Waals surface area contributed by atoms with Gasteiger partial charge in [-0.05, 0) is 32.0 Å². The van der Waals surface area contributed by atoms with Crippen molar-refractivity contribution in [2.45, 2.75) is 13.8 Å². The van der Waals surface area contributed by atoms with Crippen LogP contribution in [0.2, 0.25) is 0 Å². The minimum Gasteiger partial charge on any atom is -0.496 e. The van der Waals surface area contributed by atoms with Crippen molar-refractivity contribution in [2.24, 2.45) is 11.1 Å². The molecular weight excluding hydrogens is 246 g/mol. The van der Waals surface area contributed by atoms with Crippen LogP contribution in [0.3, 0.4) is 0 Å². The molecule has 0 unspecified atom stereocenters. The van der Waals surface area contributed by atoms with E-state index in [0.717, 1.165) is 0 Å². The van der Waals surface area contributed by atoms with Crippen LogP contribution in [0, 0.1) is 5.41 Å². The topological polar surface area (TPSA) is 107 Å². The lowest BCUT2D eigenvalue weighted by atomic mass is 9.92. The molecular formula is C13H19N3O3. The predicted octanol–water partition coefficient (Wildman–Crippen LogP) is 0.519. The van der Waals surface area contributed by atoms with E-state index in [0.29, 0.717) is 17.0 Å². The number of nitrogens with one attached hydrogen (secondary N) is 1. The number of primary amides is 1. The number of benzene rings is 1. The third-order valence-electron chi connectivity index (χ3n) is 2.83. The molecule has 2 amide bonds. The number of nitrogen functional groups attached to an aromatic ring is 1. The van der Waals surface area contributed by atoms with Crippen molar-refractivity contribution in [1.82, 2.24) is 5.32 Å². The average molecular weight is 265 g/mol. The minimum atomic E-state index is -0.816. The van der Waals surface area contributed by atoms with Gasteiger partial charge < -0.3 is 21.5 Å². The molecule has 0 aliphatic rings. The first-order valence-electron chi connectivity index (χ1n) is 5.79. The van der Waals surface area contributed by atoms with E-state index in [4.69, 9.17) is 16.2 Å². The smallest absolute Gasteiger partial charge is 0.255 e. The first kappa shape index (κ1) is 14.8. The Balaban J connectivity index is 2.84. The standard InChI is InChI=1S/C13H19N3O3/c1-13(2,12(15)18)7-16-11(17)9-6-8(14)4-5-10(9)19-3/h4-6H,7,14H2,1-3H3,(H2,15,18)(H,16,17). The number of nitrogens with two attached hydrogens (primary N) is 2. The van der Waals surface area contributed by atoms with Gasteiger partial charge in [0.1, 0.15) is 5.75 Å². The molecule has 0 bridgehead atoms. The van der Waals surface area contributed by atoms with Crippen LogP contribution in [-0.2, 0) is 4.79 Å². The number of hydrogen-bond donors (Lipinski definition) is 3. The lowest BCUT2D eigenvalue weighted by molar-refractivity contribution is -0.125. The highest BCUT2D eigenvalue weighted by Gasteiger charge is 2.26. The van der Waals surface area contributed by atoms with E-state index in [1.807, 2.05) is 0 Å². The molecule has 0 saturated heterocycles. The summed E-state index contributed by atoms with van der Waals surface area (Å²) < 4.78 is 5.09. The second-order valence-corrected chi connectivity index (χ2v) is 4.89. The Kier molecular flexibility index (Phi) is 4.37. The van der Waals surface area contributed by atoms with Gasteiger partial charge in [0, 0.05) is 12.2 Å². The van der Waals surface area contributed by atoms with E-state index in [1.165, 1.54) is 13.2 Å². The number of ether oxygens (including phenoxy) is 1. The Bertz CT molecular complexity index is 498. The highest BCUT2D eigenvalue weighted by molar-refractivity contribution is 5.98. The van der Waals surface area contributed by atoms with Crippen LogP contribution in [0.25, 0.3) is 0 Å². The van der Waals surface area contributed by atoms with Crippen LogP contribution in [0.4, 0.5) is 5.69 Å². The van der Waals surface area contributed by atoms with Crippen molar-refractivity contribution < 1.29 is 14.3 Å². The molecule has 0 aromatic heterocycles. The molecule has 19 heavy (non-hydrogen) atoms. The average Bonchev–Trinajstić information content (AvgIpc) is 2.35. The summed E-state index contributed by atoms with van der Waals surface area (Å²) in [7, 11) is 1.47. The van der Waals surface area contributed by atoms with E-state index < -0.39 is 11.3 Å². The molecule has 1 aromatic carbocycles. The summed E-state index contributed by atoms with van der Waals surface area (Å²) >= 11 is 0.